The lowest BCUT2D eigenvalue weighted by Crippen LogP contribution is -1.82. The van der Waals surface area contributed by atoms with E-state index in [1.54, 1.807) is 11.8 Å². The van der Waals surface area contributed by atoms with E-state index in [0.717, 1.165) is 0 Å². The van der Waals surface area contributed by atoms with Gasteiger partial charge in [-0.15, -0.1) is 23.5 Å². The molecule has 2 aromatic rings. The van der Waals surface area contributed by atoms with Gasteiger partial charge in [0.1, 0.15) is 0 Å². The van der Waals surface area contributed by atoms with Gasteiger partial charge in [-0.3, -0.25) is 0 Å². The summed E-state index contributed by atoms with van der Waals surface area (Å²) in [6.07, 6.45) is 0. The minimum Gasteiger partial charge on any atom is -0.111 e. The zero-order valence-electron chi connectivity index (χ0n) is 11.8. The molecule has 0 aliphatic heterocycles. The fourth-order valence-corrected chi connectivity index (χ4v) is 5.13. The van der Waals surface area contributed by atoms with Gasteiger partial charge in [0.25, 0.3) is 0 Å². The Kier molecular flexibility index (Phi) is 7.56. The fraction of sp³-hybridized carbons (Fsp3) is 0.250. The van der Waals surface area contributed by atoms with E-state index >= 15 is 0 Å². The molecule has 0 fully saturated rings. The lowest BCUT2D eigenvalue weighted by Gasteiger charge is -2.07. The Morgan fingerprint density at radius 1 is 0.619 bits per heavy atom. The summed E-state index contributed by atoms with van der Waals surface area (Å²) in [5.41, 5.74) is 0. The smallest absolute Gasteiger partial charge is 0.0619 e. The first-order chi connectivity index (χ1) is 10.0. The number of alkyl halides is 2. The van der Waals surface area contributed by atoms with Gasteiger partial charge in [0.2, 0.25) is 0 Å². The number of hydrogen-bond donors (Lipinski definition) is 0. The van der Waals surface area contributed by atoms with E-state index in [1.807, 2.05) is 23.5 Å². The molecule has 0 bridgehead atoms. The van der Waals surface area contributed by atoms with Crippen LogP contribution in [0.5, 0.6) is 0 Å². The van der Waals surface area contributed by atoms with Crippen LogP contribution in [-0.4, -0.2) is 8.32 Å². The van der Waals surface area contributed by atoms with Crippen LogP contribution in [0.25, 0.3) is 0 Å². The largest absolute Gasteiger partial charge is 0.111 e. The van der Waals surface area contributed by atoms with E-state index in [1.165, 1.54) is 19.6 Å². The molecule has 2 atom stereocenters. The standard InChI is InChI=1S/C16H16Br2S3/c1-11(17)19-13-3-7-15(8-4-13)21-16-9-5-14(6-10-16)20-12(2)18/h3-12H,1-2H3. The zero-order valence-corrected chi connectivity index (χ0v) is 17.4. The topological polar surface area (TPSA) is 0 Å². The van der Waals surface area contributed by atoms with Crippen molar-refractivity contribution in [3.63, 3.8) is 0 Å². The molecule has 0 spiro atoms. The van der Waals surface area contributed by atoms with Crippen molar-refractivity contribution in [2.75, 3.05) is 0 Å². The summed E-state index contributed by atoms with van der Waals surface area (Å²) in [5, 5.41) is 0. The van der Waals surface area contributed by atoms with Crippen molar-refractivity contribution in [3.8, 4) is 0 Å². The summed E-state index contributed by atoms with van der Waals surface area (Å²) in [6.45, 7) is 4.28. The van der Waals surface area contributed by atoms with Gasteiger partial charge in [0.05, 0.1) is 8.32 Å². The van der Waals surface area contributed by atoms with Crippen LogP contribution in [0.4, 0.5) is 0 Å². The first-order valence-corrected chi connectivity index (χ1v) is 10.9. The molecule has 0 amide bonds. The quantitative estimate of drug-likeness (QED) is 0.321. The van der Waals surface area contributed by atoms with E-state index in [9.17, 15) is 0 Å². The summed E-state index contributed by atoms with van der Waals surface area (Å²) < 4.78 is 0.885. The molecule has 21 heavy (non-hydrogen) atoms. The maximum absolute atomic E-state index is 3.56. The van der Waals surface area contributed by atoms with Crippen molar-refractivity contribution in [1.82, 2.24) is 0 Å². The van der Waals surface area contributed by atoms with Crippen LogP contribution in [0.3, 0.4) is 0 Å². The molecule has 0 heterocycles. The molecule has 0 saturated carbocycles. The monoisotopic (exact) mass is 462 g/mol. The van der Waals surface area contributed by atoms with E-state index < -0.39 is 0 Å². The zero-order chi connectivity index (χ0) is 15.2. The summed E-state index contributed by atoms with van der Waals surface area (Å²) in [6, 6.07) is 17.5. The highest BCUT2D eigenvalue weighted by Crippen LogP contribution is 2.33. The predicted octanol–water partition coefficient (Wildman–Crippen LogP) is 7.50. The highest BCUT2D eigenvalue weighted by Gasteiger charge is 2.03. The highest BCUT2D eigenvalue weighted by atomic mass is 79.9. The molecule has 2 unspecified atom stereocenters. The molecular weight excluding hydrogens is 448 g/mol. The third kappa shape index (κ3) is 6.61. The maximum Gasteiger partial charge on any atom is 0.0619 e. The Morgan fingerprint density at radius 3 is 1.19 bits per heavy atom. The molecule has 0 aliphatic carbocycles. The number of thioether (sulfide) groups is 2. The van der Waals surface area contributed by atoms with E-state index in [4.69, 9.17) is 0 Å². The van der Waals surface area contributed by atoms with Crippen LogP contribution < -0.4 is 0 Å². The van der Waals surface area contributed by atoms with Crippen LogP contribution in [0, 0.1) is 0 Å². The molecule has 0 N–H and O–H groups in total. The van der Waals surface area contributed by atoms with Crippen LogP contribution in [0.15, 0.2) is 68.1 Å². The molecule has 112 valence electrons. The normalized spacial score (nSPS) is 13.9. The van der Waals surface area contributed by atoms with Crippen molar-refractivity contribution in [1.29, 1.82) is 0 Å². The average molecular weight is 464 g/mol. The number of hydrogen-bond acceptors (Lipinski definition) is 3. The second kappa shape index (κ2) is 8.92. The summed E-state index contributed by atoms with van der Waals surface area (Å²) in [5.74, 6) is 0. The summed E-state index contributed by atoms with van der Waals surface area (Å²) in [4.78, 5) is 5.13. The minimum absolute atomic E-state index is 0.442. The van der Waals surface area contributed by atoms with Gasteiger partial charge < -0.3 is 0 Å². The van der Waals surface area contributed by atoms with Crippen LogP contribution >= 0.6 is 67.1 Å². The van der Waals surface area contributed by atoms with Gasteiger partial charge in [-0.1, -0.05) is 43.6 Å². The lowest BCUT2D eigenvalue weighted by atomic mass is 10.4. The molecule has 0 saturated heterocycles. The molecule has 0 aliphatic rings. The van der Waals surface area contributed by atoms with Gasteiger partial charge in [0, 0.05) is 19.6 Å². The number of rotatable bonds is 6. The first-order valence-electron chi connectivity index (χ1n) is 6.52. The molecule has 2 rings (SSSR count). The van der Waals surface area contributed by atoms with Crippen molar-refractivity contribution >= 4 is 67.1 Å². The summed E-state index contributed by atoms with van der Waals surface area (Å²) >= 11 is 12.6. The van der Waals surface area contributed by atoms with E-state index in [0.29, 0.717) is 8.32 Å². The van der Waals surface area contributed by atoms with Crippen LogP contribution in [0.2, 0.25) is 0 Å². The van der Waals surface area contributed by atoms with Crippen LogP contribution in [0.1, 0.15) is 13.8 Å². The number of halogens is 2. The van der Waals surface area contributed by atoms with Gasteiger partial charge in [-0.25, -0.2) is 0 Å². The van der Waals surface area contributed by atoms with Gasteiger partial charge in [-0.2, -0.15) is 0 Å². The second-order valence-electron chi connectivity index (χ2n) is 4.37. The second-order valence-corrected chi connectivity index (χ2v) is 12.3. The Hall–Kier alpha value is 0.450. The Bertz CT molecular complexity index is 499. The van der Waals surface area contributed by atoms with E-state index in [-0.39, 0.29) is 0 Å². The predicted molar refractivity (Wildman–Crippen MR) is 105 cm³/mol. The Labute approximate surface area is 156 Å². The van der Waals surface area contributed by atoms with Crippen molar-refractivity contribution in [3.05, 3.63) is 48.5 Å². The van der Waals surface area contributed by atoms with Crippen molar-refractivity contribution in [2.24, 2.45) is 0 Å². The summed E-state index contributed by atoms with van der Waals surface area (Å²) in [7, 11) is 0. The van der Waals surface area contributed by atoms with Crippen molar-refractivity contribution < 1.29 is 0 Å². The molecule has 5 heteroatoms. The molecular formula is C16H16Br2S3. The Morgan fingerprint density at radius 2 is 0.905 bits per heavy atom. The molecule has 0 nitrogen and oxygen atoms in total. The third-order valence-corrected chi connectivity index (χ3v) is 6.36. The minimum atomic E-state index is 0.442. The molecule has 0 aromatic heterocycles. The van der Waals surface area contributed by atoms with Gasteiger partial charge >= 0.3 is 0 Å². The average Bonchev–Trinajstić information content (AvgIpc) is 2.42. The molecule has 0 radical (unpaired) electrons. The molecule has 2 aromatic carbocycles. The van der Waals surface area contributed by atoms with Gasteiger partial charge in [-0.05, 0) is 62.4 Å². The van der Waals surface area contributed by atoms with Gasteiger partial charge in [0.15, 0.2) is 0 Å². The third-order valence-electron chi connectivity index (χ3n) is 2.48. The lowest BCUT2D eigenvalue weighted by molar-refractivity contribution is 1.31. The van der Waals surface area contributed by atoms with E-state index in [2.05, 4.69) is 94.2 Å². The Balaban J connectivity index is 1.97. The first kappa shape index (κ1) is 17.8. The maximum atomic E-state index is 3.56. The number of benzene rings is 2. The highest BCUT2D eigenvalue weighted by molar-refractivity contribution is 9.11. The fourth-order valence-electron chi connectivity index (χ4n) is 1.68. The van der Waals surface area contributed by atoms with Crippen LogP contribution in [-0.2, 0) is 0 Å². The SMILES string of the molecule is CC(Br)Sc1ccc(Sc2ccc(SC(C)Br)cc2)cc1. The van der Waals surface area contributed by atoms with Crippen molar-refractivity contribution in [2.45, 2.75) is 41.7 Å².